The predicted octanol–water partition coefficient (Wildman–Crippen LogP) is 4.02. The maximum absolute atomic E-state index is 5.42. The lowest BCUT2D eigenvalue weighted by atomic mass is 9.98. The van der Waals surface area contributed by atoms with Crippen molar-refractivity contribution in [1.82, 2.24) is 4.90 Å². The van der Waals surface area contributed by atoms with Crippen LogP contribution in [0.4, 0.5) is 0 Å². The smallest absolute Gasteiger partial charge is 0.161 e. The average molecular weight is 362 g/mol. The molecule has 0 unspecified atom stereocenters. The van der Waals surface area contributed by atoms with E-state index in [1.807, 2.05) is 0 Å². The zero-order valence-corrected chi connectivity index (χ0v) is 14.5. The van der Waals surface area contributed by atoms with Crippen molar-refractivity contribution >= 4 is 15.9 Å². The van der Waals surface area contributed by atoms with Crippen LogP contribution in [0.25, 0.3) is 0 Å². The molecule has 0 saturated heterocycles. The monoisotopic (exact) mass is 361 g/mol. The molecule has 0 bridgehead atoms. The molecule has 3 rings (SSSR count). The Hall–Kier alpha value is -1.52. The Labute approximate surface area is 140 Å². The van der Waals surface area contributed by atoms with Crippen molar-refractivity contribution in [2.45, 2.75) is 19.5 Å². The third-order valence-corrected chi connectivity index (χ3v) is 4.65. The van der Waals surface area contributed by atoms with Gasteiger partial charge in [-0.25, -0.2) is 0 Å². The van der Waals surface area contributed by atoms with Gasteiger partial charge in [-0.3, -0.25) is 4.90 Å². The van der Waals surface area contributed by atoms with Gasteiger partial charge < -0.3 is 9.47 Å². The number of halogens is 1. The molecule has 0 aliphatic carbocycles. The first-order valence-electron chi connectivity index (χ1n) is 7.40. The lowest BCUT2D eigenvalue weighted by molar-refractivity contribution is 0.244. The van der Waals surface area contributed by atoms with Gasteiger partial charge in [-0.15, -0.1) is 0 Å². The van der Waals surface area contributed by atoms with Gasteiger partial charge in [0.25, 0.3) is 0 Å². The Bertz CT molecular complexity index is 655. The summed E-state index contributed by atoms with van der Waals surface area (Å²) >= 11 is 3.48. The van der Waals surface area contributed by atoms with E-state index in [0.717, 1.165) is 42.0 Å². The van der Waals surface area contributed by atoms with E-state index >= 15 is 0 Å². The van der Waals surface area contributed by atoms with Crippen LogP contribution in [0.1, 0.15) is 16.7 Å². The van der Waals surface area contributed by atoms with Crippen LogP contribution in [0.3, 0.4) is 0 Å². The second-order valence-corrected chi connectivity index (χ2v) is 6.48. The summed E-state index contributed by atoms with van der Waals surface area (Å²) < 4.78 is 11.9. The molecule has 0 fully saturated rings. The van der Waals surface area contributed by atoms with Gasteiger partial charge in [0, 0.05) is 24.1 Å². The minimum atomic E-state index is 0.812. The summed E-state index contributed by atoms with van der Waals surface area (Å²) in [4.78, 5) is 2.47. The fourth-order valence-corrected chi connectivity index (χ4v) is 3.19. The van der Waals surface area contributed by atoms with Crippen molar-refractivity contribution in [1.29, 1.82) is 0 Å². The van der Waals surface area contributed by atoms with Gasteiger partial charge in [-0.05, 0) is 47.4 Å². The standard InChI is InChI=1S/C18H20BrNO2/c1-21-17-9-14-7-8-20(12-15(14)10-18(17)22-2)11-13-3-5-16(19)6-4-13/h3-6,9-10H,7-8,11-12H2,1-2H3. The van der Waals surface area contributed by atoms with Gasteiger partial charge in [0.15, 0.2) is 11.5 Å². The van der Waals surface area contributed by atoms with Gasteiger partial charge in [-0.1, -0.05) is 28.1 Å². The molecule has 1 heterocycles. The Morgan fingerprint density at radius 2 is 1.64 bits per heavy atom. The second-order valence-electron chi connectivity index (χ2n) is 5.56. The molecule has 116 valence electrons. The van der Waals surface area contributed by atoms with E-state index in [-0.39, 0.29) is 0 Å². The molecule has 22 heavy (non-hydrogen) atoms. The lowest BCUT2D eigenvalue weighted by Gasteiger charge is -2.29. The van der Waals surface area contributed by atoms with E-state index in [9.17, 15) is 0 Å². The van der Waals surface area contributed by atoms with Gasteiger partial charge >= 0.3 is 0 Å². The molecule has 0 amide bonds. The molecule has 0 aromatic heterocycles. The molecule has 0 atom stereocenters. The fraction of sp³-hybridized carbons (Fsp3) is 0.333. The molecule has 2 aromatic carbocycles. The van der Waals surface area contributed by atoms with E-state index in [1.54, 1.807) is 14.2 Å². The van der Waals surface area contributed by atoms with E-state index in [2.05, 4.69) is 57.2 Å². The SMILES string of the molecule is COc1cc2c(cc1OC)CN(Cc1ccc(Br)cc1)CC2. The van der Waals surface area contributed by atoms with E-state index < -0.39 is 0 Å². The van der Waals surface area contributed by atoms with Gasteiger partial charge in [-0.2, -0.15) is 0 Å². The predicted molar refractivity (Wildman–Crippen MR) is 91.5 cm³/mol. The number of nitrogens with zero attached hydrogens (tertiary/aromatic N) is 1. The Balaban J connectivity index is 1.76. The Morgan fingerprint density at radius 1 is 1.00 bits per heavy atom. The van der Waals surface area contributed by atoms with E-state index in [1.165, 1.54) is 16.7 Å². The van der Waals surface area contributed by atoms with Crippen molar-refractivity contribution in [3.63, 3.8) is 0 Å². The first-order chi connectivity index (χ1) is 10.7. The van der Waals surface area contributed by atoms with Crippen molar-refractivity contribution in [3.05, 3.63) is 57.6 Å². The highest BCUT2D eigenvalue weighted by molar-refractivity contribution is 9.10. The number of methoxy groups -OCH3 is 2. The average Bonchev–Trinajstić information content (AvgIpc) is 2.55. The van der Waals surface area contributed by atoms with Crippen molar-refractivity contribution < 1.29 is 9.47 Å². The summed E-state index contributed by atoms with van der Waals surface area (Å²) in [6, 6.07) is 12.8. The van der Waals surface area contributed by atoms with Gasteiger partial charge in [0.2, 0.25) is 0 Å². The summed E-state index contributed by atoms with van der Waals surface area (Å²) in [5.74, 6) is 1.63. The topological polar surface area (TPSA) is 21.7 Å². The Morgan fingerprint density at radius 3 is 2.27 bits per heavy atom. The van der Waals surface area contributed by atoms with Crippen LogP contribution in [-0.2, 0) is 19.5 Å². The second kappa shape index (κ2) is 6.71. The zero-order chi connectivity index (χ0) is 15.5. The quantitative estimate of drug-likeness (QED) is 0.820. The minimum absolute atomic E-state index is 0.812. The maximum Gasteiger partial charge on any atom is 0.161 e. The summed E-state index contributed by atoms with van der Waals surface area (Å²) in [5, 5.41) is 0. The van der Waals surface area contributed by atoms with Crippen LogP contribution < -0.4 is 9.47 Å². The largest absolute Gasteiger partial charge is 0.493 e. The van der Waals surface area contributed by atoms with Gasteiger partial charge in [0.05, 0.1) is 14.2 Å². The van der Waals surface area contributed by atoms with Crippen molar-refractivity contribution in [2.24, 2.45) is 0 Å². The molecule has 4 heteroatoms. The van der Waals surface area contributed by atoms with Crippen LogP contribution >= 0.6 is 15.9 Å². The summed E-state index contributed by atoms with van der Waals surface area (Å²) in [6.45, 7) is 2.99. The van der Waals surface area contributed by atoms with E-state index in [4.69, 9.17) is 9.47 Å². The summed E-state index contributed by atoms with van der Waals surface area (Å²) in [7, 11) is 3.37. The van der Waals surface area contributed by atoms with Gasteiger partial charge in [0.1, 0.15) is 0 Å². The molecule has 0 spiro atoms. The Kier molecular flexibility index (Phi) is 4.69. The third kappa shape index (κ3) is 3.28. The van der Waals surface area contributed by atoms with Crippen molar-refractivity contribution in [3.8, 4) is 11.5 Å². The van der Waals surface area contributed by atoms with Crippen LogP contribution in [0.5, 0.6) is 11.5 Å². The molecule has 0 radical (unpaired) electrons. The number of ether oxygens (including phenoxy) is 2. The maximum atomic E-state index is 5.42. The van der Waals surface area contributed by atoms with E-state index in [0.29, 0.717) is 0 Å². The number of rotatable bonds is 4. The lowest BCUT2D eigenvalue weighted by Crippen LogP contribution is -2.30. The molecule has 2 aromatic rings. The van der Waals surface area contributed by atoms with Crippen LogP contribution in [0, 0.1) is 0 Å². The number of fused-ring (bicyclic) bond motifs is 1. The highest BCUT2D eigenvalue weighted by Gasteiger charge is 2.19. The summed E-state index contributed by atoms with van der Waals surface area (Å²) in [5.41, 5.74) is 4.04. The molecule has 0 N–H and O–H groups in total. The third-order valence-electron chi connectivity index (χ3n) is 4.12. The number of hydrogen-bond acceptors (Lipinski definition) is 3. The van der Waals surface area contributed by atoms with Crippen LogP contribution in [-0.4, -0.2) is 25.7 Å². The molecule has 3 nitrogen and oxygen atoms in total. The fourth-order valence-electron chi connectivity index (χ4n) is 2.92. The summed E-state index contributed by atoms with van der Waals surface area (Å²) in [6.07, 6.45) is 1.05. The normalized spacial score (nSPS) is 14.5. The molecular weight excluding hydrogens is 342 g/mol. The first kappa shape index (κ1) is 15.4. The highest BCUT2D eigenvalue weighted by atomic mass is 79.9. The highest BCUT2D eigenvalue weighted by Crippen LogP contribution is 2.33. The molecule has 1 aliphatic rings. The molecule has 1 aliphatic heterocycles. The van der Waals surface area contributed by atoms with Crippen molar-refractivity contribution in [2.75, 3.05) is 20.8 Å². The molecular formula is C18H20BrNO2. The van der Waals surface area contributed by atoms with Crippen LogP contribution in [0.2, 0.25) is 0 Å². The number of hydrogen-bond donors (Lipinski definition) is 0. The minimum Gasteiger partial charge on any atom is -0.493 e. The molecule has 0 saturated carbocycles. The zero-order valence-electron chi connectivity index (χ0n) is 12.9. The number of benzene rings is 2. The first-order valence-corrected chi connectivity index (χ1v) is 8.19. The van der Waals surface area contributed by atoms with Crippen LogP contribution in [0.15, 0.2) is 40.9 Å².